The Hall–Kier alpha value is -1.38. The molecule has 22 heavy (non-hydrogen) atoms. The normalized spacial score (nSPS) is 19.0. The zero-order valence-electron chi connectivity index (χ0n) is 13.5. The van der Waals surface area contributed by atoms with E-state index in [9.17, 15) is 0 Å². The summed E-state index contributed by atoms with van der Waals surface area (Å²) in [6.07, 6.45) is 4.95. The van der Waals surface area contributed by atoms with Crippen LogP contribution in [0.4, 0.5) is 0 Å². The third-order valence-corrected chi connectivity index (χ3v) is 8.58. The Morgan fingerprint density at radius 1 is 0.909 bits per heavy atom. The predicted octanol–water partition coefficient (Wildman–Crippen LogP) is 4.85. The number of rotatable bonds is 5. The van der Waals surface area contributed by atoms with Crippen molar-refractivity contribution < 1.29 is 4.43 Å². The van der Waals surface area contributed by atoms with Gasteiger partial charge in [0.1, 0.15) is 0 Å². The Labute approximate surface area is 136 Å². The molecule has 1 atom stereocenters. The first-order valence-electron chi connectivity index (χ1n) is 8.60. The summed E-state index contributed by atoms with van der Waals surface area (Å²) >= 11 is 0. The molecule has 116 valence electrons. The molecule has 2 aromatic carbocycles. The van der Waals surface area contributed by atoms with Gasteiger partial charge in [-0.2, -0.15) is 0 Å². The summed E-state index contributed by atoms with van der Waals surface area (Å²) in [7, 11) is -1.35. The van der Waals surface area contributed by atoms with Crippen molar-refractivity contribution in [3.8, 4) is 0 Å². The Bertz CT molecular complexity index is 521. The second-order valence-corrected chi connectivity index (χ2v) is 9.18. The van der Waals surface area contributed by atoms with Crippen LogP contribution >= 0.6 is 0 Å². The topological polar surface area (TPSA) is 9.23 Å². The van der Waals surface area contributed by atoms with Crippen LogP contribution in [-0.2, 0) is 9.46 Å². The lowest BCUT2D eigenvalue weighted by Crippen LogP contribution is -2.48. The van der Waals surface area contributed by atoms with E-state index in [0.29, 0.717) is 0 Å². The van der Waals surface area contributed by atoms with Gasteiger partial charge in [0.05, 0.1) is 0 Å². The van der Waals surface area contributed by atoms with Crippen LogP contribution in [0.1, 0.15) is 43.7 Å². The molecule has 1 fully saturated rings. The molecule has 1 aliphatic rings. The maximum Gasteiger partial charge on any atom is 0.191 e. The molecule has 0 spiro atoms. The minimum Gasteiger partial charge on any atom is -0.419 e. The Morgan fingerprint density at radius 3 is 1.95 bits per heavy atom. The molecule has 1 nitrogen and oxygen atoms in total. The van der Waals surface area contributed by atoms with Gasteiger partial charge in [-0.25, -0.2) is 0 Å². The van der Waals surface area contributed by atoms with E-state index in [4.69, 9.17) is 4.43 Å². The Morgan fingerprint density at radius 2 is 1.50 bits per heavy atom. The van der Waals surface area contributed by atoms with Crippen LogP contribution in [0.3, 0.4) is 0 Å². The van der Waals surface area contributed by atoms with Crippen LogP contribution < -0.4 is 0 Å². The lowest BCUT2D eigenvalue weighted by Gasteiger charge is -2.42. The molecule has 0 radical (unpaired) electrons. The van der Waals surface area contributed by atoms with Crippen LogP contribution in [0, 0.1) is 0 Å². The van der Waals surface area contributed by atoms with E-state index in [0.717, 1.165) is 6.61 Å². The Balaban J connectivity index is 2.13. The van der Waals surface area contributed by atoms with Gasteiger partial charge in [-0.15, -0.1) is 0 Å². The predicted molar refractivity (Wildman–Crippen MR) is 95.7 cm³/mol. The highest BCUT2D eigenvalue weighted by Crippen LogP contribution is 2.42. The van der Waals surface area contributed by atoms with Crippen LogP contribution in [0.15, 0.2) is 60.7 Å². The summed E-state index contributed by atoms with van der Waals surface area (Å²) in [5.74, 6) is 0. The molecule has 1 aliphatic heterocycles. The largest absolute Gasteiger partial charge is 0.419 e. The molecule has 0 N–H and O–H groups in total. The van der Waals surface area contributed by atoms with Crippen molar-refractivity contribution in [3.05, 3.63) is 71.8 Å². The van der Waals surface area contributed by atoms with Crippen LogP contribution in [0.5, 0.6) is 0 Å². The summed E-state index contributed by atoms with van der Waals surface area (Å²) in [5, 5.41) is 0.123. The molecule has 0 bridgehead atoms. The first-order chi connectivity index (χ1) is 10.9. The number of hydrogen-bond donors (Lipinski definition) is 0. The fraction of sp³-hybridized carbons (Fsp3) is 0.400. The van der Waals surface area contributed by atoms with Gasteiger partial charge in [0, 0.05) is 11.6 Å². The van der Waals surface area contributed by atoms with Crippen LogP contribution in [-0.4, -0.2) is 15.6 Å². The molecule has 3 rings (SSSR count). The molecule has 2 heteroatoms. The quantitative estimate of drug-likeness (QED) is 0.718. The summed E-state index contributed by atoms with van der Waals surface area (Å²) < 4.78 is 6.44. The molecule has 1 unspecified atom stereocenters. The van der Waals surface area contributed by atoms with Crippen molar-refractivity contribution in [2.45, 2.75) is 43.7 Å². The highest BCUT2D eigenvalue weighted by Gasteiger charge is 2.44. The van der Waals surface area contributed by atoms with Gasteiger partial charge in [0.25, 0.3) is 0 Å². The first kappa shape index (κ1) is 15.5. The standard InChI is InChI=1S/C20H26OSi/c1-2-15-20(18-11-5-3-6-12-18,19-13-7-4-8-14-19)22-17-10-9-16-21-22/h3-8,11-14,22H,2,9-10,15-17H2,1H3. The zero-order valence-corrected chi connectivity index (χ0v) is 14.7. The molecule has 1 saturated heterocycles. The molecule has 0 aliphatic carbocycles. The minimum atomic E-state index is -1.35. The van der Waals surface area contributed by atoms with Crippen molar-refractivity contribution >= 4 is 9.04 Å². The van der Waals surface area contributed by atoms with E-state index < -0.39 is 9.04 Å². The van der Waals surface area contributed by atoms with Crippen molar-refractivity contribution in [1.29, 1.82) is 0 Å². The van der Waals surface area contributed by atoms with Crippen molar-refractivity contribution in [2.75, 3.05) is 6.61 Å². The highest BCUT2D eigenvalue weighted by molar-refractivity contribution is 6.57. The van der Waals surface area contributed by atoms with Gasteiger partial charge < -0.3 is 4.43 Å². The van der Waals surface area contributed by atoms with Crippen molar-refractivity contribution in [2.24, 2.45) is 0 Å². The van der Waals surface area contributed by atoms with Gasteiger partial charge in [0.15, 0.2) is 9.04 Å². The van der Waals surface area contributed by atoms with E-state index >= 15 is 0 Å². The minimum absolute atomic E-state index is 0.123. The average molecular weight is 311 g/mol. The summed E-state index contributed by atoms with van der Waals surface area (Å²) in [5.41, 5.74) is 2.92. The summed E-state index contributed by atoms with van der Waals surface area (Å²) in [6.45, 7) is 3.26. The first-order valence-corrected chi connectivity index (χ1v) is 10.5. The fourth-order valence-electron chi connectivity index (χ4n) is 3.98. The molecule has 0 saturated carbocycles. The Kier molecular flexibility index (Phi) is 5.11. The monoisotopic (exact) mass is 310 g/mol. The smallest absolute Gasteiger partial charge is 0.191 e. The third-order valence-electron chi connectivity index (χ3n) is 4.95. The lowest BCUT2D eigenvalue weighted by atomic mass is 9.86. The molecular weight excluding hydrogens is 284 g/mol. The van der Waals surface area contributed by atoms with E-state index in [1.807, 2.05) is 0 Å². The highest BCUT2D eigenvalue weighted by atomic mass is 28.3. The van der Waals surface area contributed by atoms with E-state index in [-0.39, 0.29) is 5.04 Å². The molecule has 1 heterocycles. The van der Waals surface area contributed by atoms with Gasteiger partial charge in [-0.05, 0) is 30.0 Å². The summed E-state index contributed by atoms with van der Waals surface area (Å²) in [6, 6.07) is 23.5. The van der Waals surface area contributed by atoms with E-state index in [2.05, 4.69) is 67.6 Å². The maximum atomic E-state index is 6.44. The maximum absolute atomic E-state index is 6.44. The van der Waals surface area contributed by atoms with E-state index in [1.165, 1.54) is 42.9 Å². The van der Waals surface area contributed by atoms with Gasteiger partial charge in [-0.1, -0.05) is 80.4 Å². The average Bonchev–Trinajstić information content (AvgIpc) is 2.62. The van der Waals surface area contributed by atoms with Gasteiger partial charge >= 0.3 is 0 Å². The molecular formula is C20H26OSi. The third kappa shape index (κ3) is 2.90. The molecule has 0 aromatic heterocycles. The number of benzene rings is 2. The second kappa shape index (κ2) is 7.25. The zero-order chi connectivity index (χ0) is 15.3. The van der Waals surface area contributed by atoms with E-state index in [1.54, 1.807) is 0 Å². The van der Waals surface area contributed by atoms with Gasteiger partial charge in [-0.3, -0.25) is 0 Å². The second-order valence-electron chi connectivity index (χ2n) is 6.31. The SMILES string of the molecule is CCCC(c1ccccc1)(c1ccccc1)[SiH]1CCCCO1. The van der Waals surface area contributed by atoms with Crippen molar-refractivity contribution in [1.82, 2.24) is 0 Å². The molecule has 2 aromatic rings. The lowest BCUT2D eigenvalue weighted by molar-refractivity contribution is 0.267. The van der Waals surface area contributed by atoms with Crippen LogP contribution in [0.2, 0.25) is 6.04 Å². The summed E-state index contributed by atoms with van der Waals surface area (Å²) in [4.78, 5) is 0. The fourth-order valence-corrected chi connectivity index (χ4v) is 7.78. The molecule has 0 amide bonds. The number of hydrogen-bond acceptors (Lipinski definition) is 1. The van der Waals surface area contributed by atoms with Gasteiger partial charge in [0.2, 0.25) is 0 Å². The van der Waals surface area contributed by atoms with Crippen molar-refractivity contribution in [3.63, 3.8) is 0 Å². The van der Waals surface area contributed by atoms with Crippen LogP contribution in [0.25, 0.3) is 0 Å².